The van der Waals surface area contributed by atoms with Crippen LogP contribution in [-0.2, 0) is 0 Å². The van der Waals surface area contributed by atoms with Crippen molar-refractivity contribution in [1.82, 2.24) is 0 Å². The molecule has 0 spiro atoms. The summed E-state index contributed by atoms with van der Waals surface area (Å²) >= 11 is 3.29. The van der Waals surface area contributed by atoms with Gasteiger partial charge in [-0.15, -0.1) is 0 Å². The predicted molar refractivity (Wildman–Crippen MR) is 76.2 cm³/mol. The first kappa shape index (κ1) is 12.4. The molecule has 0 saturated heterocycles. The molecule has 0 saturated carbocycles. The van der Waals surface area contributed by atoms with Crippen LogP contribution in [0.3, 0.4) is 0 Å². The lowest BCUT2D eigenvalue weighted by molar-refractivity contribution is 0.105. The molecular formula is C15H10BrNO. The van der Waals surface area contributed by atoms with E-state index < -0.39 is 0 Å². The number of benzene rings is 2. The summed E-state index contributed by atoms with van der Waals surface area (Å²) in [6.45, 7) is 0. The van der Waals surface area contributed by atoms with E-state index in [2.05, 4.69) is 27.8 Å². The average Bonchev–Trinajstić information content (AvgIpc) is 2.37. The SMILES string of the molecule is Nc1cc(Br)ccc1C(=O)C#Cc1ccccc1. The third-order valence-corrected chi connectivity index (χ3v) is 2.85. The summed E-state index contributed by atoms with van der Waals surface area (Å²) in [7, 11) is 0. The van der Waals surface area contributed by atoms with Gasteiger partial charge in [0.05, 0.1) is 5.56 Å². The first-order valence-corrected chi connectivity index (χ1v) is 6.12. The normalized spacial score (nSPS) is 9.39. The second-order valence-corrected chi connectivity index (χ2v) is 4.59. The summed E-state index contributed by atoms with van der Waals surface area (Å²) in [5.74, 6) is 5.13. The highest BCUT2D eigenvalue weighted by molar-refractivity contribution is 9.10. The van der Waals surface area contributed by atoms with Crippen LogP contribution in [0.4, 0.5) is 5.69 Å². The second-order valence-electron chi connectivity index (χ2n) is 3.68. The van der Waals surface area contributed by atoms with E-state index in [1.807, 2.05) is 30.3 Å². The van der Waals surface area contributed by atoms with Gasteiger partial charge >= 0.3 is 0 Å². The Morgan fingerprint density at radius 1 is 1.11 bits per heavy atom. The van der Waals surface area contributed by atoms with E-state index in [0.717, 1.165) is 10.0 Å². The third kappa shape index (κ3) is 2.99. The van der Waals surface area contributed by atoms with Gasteiger partial charge in [0, 0.05) is 15.7 Å². The van der Waals surface area contributed by atoms with E-state index in [9.17, 15) is 4.79 Å². The molecule has 18 heavy (non-hydrogen) atoms. The number of carbonyl (C=O) groups is 1. The summed E-state index contributed by atoms with van der Waals surface area (Å²) in [5.41, 5.74) is 7.44. The fourth-order valence-electron chi connectivity index (χ4n) is 1.46. The monoisotopic (exact) mass is 299 g/mol. The van der Waals surface area contributed by atoms with Gasteiger partial charge in [0.1, 0.15) is 0 Å². The molecule has 0 aromatic heterocycles. The molecule has 2 aromatic rings. The molecule has 0 aliphatic rings. The Hall–Kier alpha value is -2.05. The van der Waals surface area contributed by atoms with Crippen molar-refractivity contribution in [2.75, 3.05) is 5.73 Å². The molecule has 0 amide bonds. The lowest BCUT2D eigenvalue weighted by Crippen LogP contribution is -2.01. The highest BCUT2D eigenvalue weighted by Crippen LogP contribution is 2.18. The third-order valence-electron chi connectivity index (χ3n) is 2.35. The number of hydrogen-bond donors (Lipinski definition) is 1. The maximum atomic E-state index is 11.9. The maximum Gasteiger partial charge on any atom is 0.238 e. The van der Waals surface area contributed by atoms with Gasteiger partial charge in [0.25, 0.3) is 0 Å². The molecule has 0 fully saturated rings. The molecule has 88 valence electrons. The molecule has 0 unspecified atom stereocenters. The summed E-state index contributed by atoms with van der Waals surface area (Å²) in [6.07, 6.45) is 0. The summed E-state index contributed by atoms with van der Waals surface area (Å²) in [6, 6.07) is 14.5. The summed E-state index contributed by atoms with van der Waals surface area (Å²) in [5, 5.41) is 0. The number of carbonyl (C=O) groups excluding carboxylic acids is 1. The molecule has 0 aliphatic heterocycles. The molecule has 2 rings (SSSR count). The van der Waals surface area contributed by atoms with Crippen molar-refractivity contribution in [3.63, 3.8) is 0 Å². The highest BCUT2D eigenvalue weighted by atomic mass is 79.9. The van der Waals surface area contributed by atoms with Crippen molar-refractivity contribution >= 4 is 27.4 Å². The van der Waals surface area contributed by atoms with E-state index in [1.165, 1.54) is 0 Å². The van der Waals surface area contributed by atoms with Crippen LogP contribution in [0.25, 0.3) is 0 Å². The van der Waals surface area contributed by atoms with Gasteiger partial charge < -0.3 is 5.73 Å². The Kier molecular flexibility index (Phi) is 3.81. The first-order chi connectivity index (χ1) is 8.66. The van der Waals surface area contributed by atoms with E-state index in [4.69, 9.17) is 5.73 Å². The number of halogens is 1. The van der Waals surface area contributed by atoms with Crippen molar-refractivity contribution in [2.24, 2.45) is 0 Å². The number of nitrogen functional groups attached to an aromatic ring is 1. The van der Waals surface area contributed by atoms with E-state index >= 15 is 0 Å². The largest absolute Gasteiger partial charge is 0.398 e. The quantitative estimate of drug-likeness (QED) is 0.499. The van der Waals surface area contributed by atoms with Gasteiger partial charge in [-0.1, -0.05) is 40.0 Å². The Balaban J connectivity index is 2.26. The predicted octanol–water partition coefficient (Wildman–Crippen LogP) is 3.27. The van der Waals surface area contributed by atoms with Crippen LogP contribution < -0.4 is 5.73 Å². The molecule has 3 heteroatoms. The zero-order valence-electron chi connectivity index (χ0n) is 9.48. The average molecular weight is 300 g/mol. The number of nitrogens with two attached hydrogens (primary N) is 1. The lowest BCUT2D eigenvalue weighted by atomic mass is 10.1. The maximum absolute atomic E-state index is 11.9. The number of ketones is 1. The molecule has 0 radical (unpaired) electrons. The topological polar surface area (TPSA) is 43.1 Å². The Labute approximate surface area is 114 Å². The van der Waals surface area contributed by atoms with Crippen LogP contribution >= 0.6 is 15.9 Å². The molecule has 0 bridgehead atoms. The molecule has 0 heterocycles. The van der Waals surface area contributed by atoms with Gasteiger partial charge in [-0.05, 0) is 36.3 Å². The van der Waals surface area contributed by atoms with E-state index in [1.54, 1.807) is 18.2 Å². The molecule has 2 N–H and O–H groups in total. The van der Waals surface area contributed by atoms with Crippen molar-refractivity contribution in [2.45, 2.75) is 0 Å². The van der Waals surface area contributed by atoms with Gasteiger partial charge in [0.15, 0.2) is 0 Å². The van der Waals surface area contributed by atoms with Crippen LogP contribution in [0.15, 0.2) is 53.0 Å². The minimum Gasteiger partial charge on any atom is -0.398 e. The second kappa shape index (κ2) is 5.52. The fraction of sp³-hybridized carbons (Fsp3) is 0. The van der Waals surface area contributed by atoms with Gasteiger partial charge in [-0.2, -0.15) is 0 Å². The standard InChI is InChI=1S/C15H10BrNO/c16-12-7-8-13(14(17)10-12)15(18)9-6-11-4-2-1-3-5-11/h1-5,7-8,10H,17H2. The molecule has 0 aliphatic carbocycles. The molecule has 2 aromatic carbocycles. The highest BCUT2D eigenvalue weighted by Gasteiger charge is 2.06. The zero-order chi connectivity index (χ0) is 13.0. The van der Waals surface area contributed by atoms with Crippen molar-refractivity contribution in [1.29, 1.82) is 0 Å². The zero-order valence-corrected chi connectivity index (χ0v) is 11.1. The van der Waals surface area contributed by atoms with Crippen molar-refractivity contribution in [3.8, 4) is 11.8 Å². The van der Waals surface area contributed by atoms with E-state index in [0.29, 0.717) is 11.3 Å². The minimum atomic E-state index is -0.274. The van der Waals surface area contributed by atoms with Crippen molar-refractivity contribution in [3.05, 3.63) is 64.1 Å². The van der Waals surface area contributed by atoms with E-state index in [-0.39, 0.29) is 5.78 Å². The number of anilines is 1. The first-order valence-electron chi connectivity index (χ1n) is 5.33. The molecule has 0 atom stereocenters. The molecular weight excluding hydrogens is 290 g/mol. The van der Waals surface area contributed by atoms with Crippen LogP contribution in [-0.4, -0.2) is 5.78 Å². The van der Waals surface area contributed by atoms with Gasteiger partial charge in [-0.25, -0.2) is 0 Å². The summed E-state index contributed by atoms with van der Waals surface area (Å²) in [4.78, 5) is 11.9. The summed E-state index contributed by atoms with van der Waals surface area (Å²) < 4.78 is 0.840. The Morgan fingerprint density at radius 2 is 1.83 bits per heavy atom. The number of rotatable bonds is 1. The number of hydrogen-bond acceptors (Lipinski definition) is 2. The van der Waals surface area contributed by atoms with Gasteiger partial charge in [0.2, 0.25) is 5.78 Å². The fourth-order valence-corrected chi connectivity index (χ4v) is 1.84. The number of Topliss-reactive ketones (excluding diaryl/α,β-unsaturated/α-hetero) is 1. The smallest absolute Gasteiger partial charge is 0.238 e. The van der Waals surface area contributed by atoms with Crippen LogP contribution in [0, 0.1) is 11.8 Å². The lowest BCUT2D eigenvalue weighted by Gasteiger charge is -2.00. The van der Waals surface area contributed by atoms with Crippen LogP contribution in [0.1, 0.15) is 15.9 Å². The van der Waals surface area contributed by atoms with Crippen LogP contribution in [0.5, 0.6) is 0 Å². The van der Waals surface area contributed by atoms with Gasteiger partial charge in [-0.3, -0.25) is 4.79 Å². The van der Waals surface area contributed by atoms with Crippen molar-refractivity contribution < 1.29 is 4.79 Å². The Morgan fingerprint density at radius 3 is 2.50 bits per heavy atom. The van der Waals surface area contributed by atoms with Crippen LogP contribution in [0.2, 0.25) is 0 Å². The minimum absolute atomic E-state index is 0.274. The molecule has 2 nitrogen and oxygen atoms in total. The Bertz CT molecular complexity index is 639.